The molecule has 0 radical (unpaired) electrons. The van der Waals surface area contributed by atoms with Crippen LogP contribution in [0.3, 0.4) is 0 Å². The first-order chi connectivity index (χ1) is 8.38. The molecule has 0 unspecified atom stereocenters. The van der Waals surface area contributed by atoms with Gasteiger partial charge in [0.15, 0.2) is 0 Å². The zero-order chi connectivity index (χ0) is 13.3. The smallest absolute Gasteiger partial charge is 0.264 e. The molecule has 0 amide bonds. The molecule has 0 saturated heterocycles. The monoisotopic (exact) mass is 433 g/mol. The average molecular weight is 434 g/mol. The molecule has 0 bridgehead atoms. The van der Waals surface area contributed by atoms with E-state index in [9.17, 15) is 8.42 Å². The lowest BCUT2D eigenvalue weighted by atomic mass is 10.3. The summed E-state index contributed by atoms with van der Waals surface area (Å²) in [5.41, 5.74) is 0.480. The van der Waals surface area contributed by atoms with Crippen LogP contribution in [0.1, 0.15) is 0 Å². The number of halogens is 3. The Bertz CT molecular complexity index is 668. The van der Waals surface area contributed by atoms with Crippen molar-refractivity contribution in [3.8, 4) is 0 Å². The Morgan fingerprint density at radius 1 is 1.17 bits per heavy atom. The van der Waals surface area contributed by atoms with Gasteiger partial charge >= 0.3 is 0 Å². The second-order valence-corrected chi connectivity index (χ2v) is 8.48. The number of anilines is 1. The molecule has 0 fully saturated rings. The molecule has 1 N–H and O–H groups in total. The number of hydrogen-bond donors (Lipinski definition) is 1. The van der Waals surface area contributed by atoms with E-state index in [1.165, 1.54) is 6.07 Å². The molecule has 0 spiro atoms. The summed E-state index contributed by atoms with van der Waals surface area (Å²) in [5.74, 6) is 0. The first kappa shape index (κ1) is 14.4. The van der Waals surface area contributed by atoms with Gasteiger partial charge in [-0.3, -0.25) is 4.72 Å². The fraction of sp³-hybridized carbons (Fsp3) is 0. The highest BCUT2D eigenvalue weighted by molar-refractivity contribution is 14.1. The summed E-state index contributed by atoms with van der Waals surface area (Å²) in [4.78, 5) is -0.00211. The van der Waals surface area contributed by atoms with Crippen LogP contribution in [0, 0.1) is 3.57 Å². The molecule has 96 valence electrons. The lowest BCUT2D eigenvalue weighted by Crippen LogP contribution is -2.12. The summed E-state index contributed by atoms with van der Waals surface area (Å²) in [5, 5.41) is 0. The van der Waals surface area contributed by atoms with Gasteiger partial charge in [-0.2, -0.15) is 0 Å². The molecule has 0 aliphatic carbocycles. The van der Waals surface area contributed by atoms with Crippen molar-refractivity contribution in [3.63, 3.8) is 0 Å². The SMILES string of the molecule is O=S(=O)(Nc1ccc(I)cc1)c1cc(Cl)sc1Cl. The van der Waals surface area contributed by atoms with Gasteiger partial charge in [0.1, 0.15) is 9.23 Å². The lowest BCUT2D eigenvalue weighted by Gasteiger charge is -2.06. The standard InChI is InChI=1S/C10H6Cl2INO2S2/c11-9-5-8(10(12)17-9)18(15,16)14-7-3-1-6(13)2-4-7/h1-5,14H. The third-order valence-corrected chi connectivity index (χ3v) is 5.86. The van der Waals surface area contributed by atoms with E-state index in [-0.39, 0.29) is 9.23 Å². The highest BCUT2D eigenvalue weighted by Crippen LogP contribution is 2.35. The number of nitrogens with one attached hydrogen (secondary N) is 1. The molecule has 1 aromatic heterocycles. The summed E-state index contributed by atoms with van der Waals surface area (Å²) in [6, 6.07) is 8.31. The summed E-state index contributed by atoms with van der Waals surface area (Å²) >= 11 is 14.7. The van der Waals surface area contributed by atoms with Gasteiger partial charge in [0.05, 0.1) is 4.34 Å². The summed E-state index contributed by atoms with van der Waals surface area (Å²) < 4.78 is 28.1. The van der Waals surface area contributed by atoms with Crippen molar-refractivity contribution in [1.82, 2.24) is 0 Å². The van der Waals surface area contributed by atoms with E-state index in [1.807, 2.05) is 0 Å². The highest BCUT2D eigenvalue weighted by atomic mass is 127. The predicted octanol–water partition coefficient (Wildman–Crippen LogP) is 4.46. The normalized spacial score (nSPS) is 11.5. The van der Waals surface area contributed by atoms with Crippen molar-refractivity contribution in [1.29, 1.82) is 0 Å². The van der Waals surface area contributed by atoms with Gasteiger partial charge in [-0.25, -0.2) is 8.42 Å². The van der Waals surface area contributed by atoms with E-state index in [2.05, 4.69) is 27.3 Å². The second-order valence-electron chi connectivity index (χ2n) is 3.30. The summed E-state index contributed by atoms with van der Waals surface area (Å²) in [6.45, 7) is 0. The summed E-state index contributed by atoms with van der Waals surface area (Å²) in [6.07, 6.45) is 0. The zero-order valence-electron chi connectivity index (χ0n) is 8.65. The van der Waals surface area contributed by atoms with Crippen LogP contribution in [0.2, 0.25) is 8.67 Å². The van der Waals surface area contributed by atoms with Gasteiger partial charge in [0.2, 0.25) is 0 Å². The molecule has 0 atom stereocenters. The Morgan fingerprint density at radius 2 is 1.78 bits per heavy atom. The third kappa shape index (κ3) is 3.30. The number of benzene rings is 1. The number of sulfonamides is 1. The van der Waals surface area contributed by atoms with Crippen LogP contribution in [0.4, 0.5) is 5.69 Å². The van der Waals surface area contributed by atoms with Crippen molar-refractivity contribution in [3.05, 3.63) is 42.6 Å². The molecule has 0 aliphatic rings. The maximum absolute atomic E-state index is 12.1. The number of rotatable bonds is 3. The topological polar surface area (TPSA) is 46.2 Å². The van der Waals surface area contributed by atoms with Gasteiger partial charge in [-0.1, -0.05) is 23.2 Å². The van der Waals surface area contributed by atoms with E-state index >= 15 is 0 Å². The minimum Gasteiger partial charge on any atom is -0.280 e. The molecule has 0 aliphatic heterocycles. The Morgan fingerprint density at radius 3 is 2.28 bits per heavy atom. The van der Waals surface area contributed by atoms with Gasteiger partial charge in [0, 0.05) is 9.26 Å². The fourth-order valence-electron chi connectivity index (χ4n) is 1.24. The number of thiophene rings is 1. The maximum Gasteiger partial charge on any atom is 0.264 e. The van der Waals surface area contributed by atoms with Crippen molar-refractivity contribution in [2.75, 3.05) is 4.72 Å². The van der Waals surface area contributed by atoms with Gasteiger partial charge in [0.25, 0.3) is 10.0 Å². The average Bonchev–Trinajstić information content (AvgIpc) is 2.62. The van der Waals surface area contributed by atoms with Crippen molar-refractivity contribution < 1.29 is 8.42 Å². The van der Waals surface area contributed by atoms with Crippen LogP contribution in [0.5, 0.6) is 0 Å². The van der Waals surface area contributed by atoms with Crippen LogP contribution >= 0.6 is 57.1 Å². The molecule has 2 rings (SSSR count). The first-order valence-corrected chi connectivity index (χ1v) is 8.75. The largest absolute Gasteiger partial charge is 0.280 e. The zero-order valence-corrected chi connectivity index (χ0v) is 14.0. The van der Waals surface area contributed by atoms with Gasteiger partial charge in [-0.05, 0) is 52.9 Å². The van der Waals surface area contributed by atoms with E-state index < -0.39 is 10.0 Å². The minimum atomic E-state index is -3.69. The Kier molecular flexibility index (Phi) is 4.43. The van der Waals surface area contributed by atoms with Crippen LogP contribution in [-0.2, 0) is 10.0 Å². The summed E-state index contributed by atoms with van der Waals surface area (Å²) in [7, 11) is -3.69. The quantitative estimate of drug-likeness (QED) is 0.726. The van der Waals surface area contributed by atoms with Crippen molar-refractivity contribution in [2.45, 2.75) is 4.90 Å². The molecular formula is C10H6Cl2INO2S2. The Labute approximate surface area is 132 Å². The van der Waals surface area contributed by atoms with Crippen molar-refractivity contribution >= 4 is 72.8 Å². The Hall–Kier alpha value is -0.0200. The molecule has 1 aromatic carbocycles. The molecule has 3 nitrogen and oxygen atoms in total. The van der Waals surface area contributed by atoms with E-state index in [0.29, 0.717) is 10.0 Å². The third-order valence-electron chi connectivity index (χ3n) is 2.01. The van der Waals surface area contributed by atoms with Crippen LogP contribution in [0.25, 0.3) is 0 Å². The number of hydrogen-bond acceptors (Lipinski definition) is 3. The molecule has 18 heavy (non-hydrogen) atoms. The Balaban J connectivity index is 2.33. The van der Waals surface area contributed by atoms with Crippen molar-refractivity contribution in [2.24, 2.45) is 0 Å². The molecule has 2 aromatic rings. The molecule has 1 heterocycles. The van der Waals surface area contributed by atoms with Gasteiger partial charge in [-0.15, -0.1) is 11.3 Å². The van der Waals surface area contributed by atoms with Gasteiger partial charge < -0.3 is 0 Å². The fourth-order valence-corrected chi connectivity index (χ4v) is 4.81. The lowest BCUT2D eigenvalue weighted by molar-refractivity contribution is 0.601. The minimum absolute atomic E-state index is 0.00211. The van der Waals surface area contributed by atoms with Crippen LogP contribution < -0.4 is 4.72 Å². The van der Waals surface area contributed by atoms with E-state index in [4.69, 9.17) is 23.2 Å². The van der Waals surface area contributed by atoms with E-state index in [1.54, 1.807) is 24.3 Å². The van der Waals surface area contributed by atoms with Crippen LogP contribution in [0.15, 0.2) is 35.2 Å². The van der Waals surface area contributed by atoms with E-state index in [0.717, 1.165) is 14.9 Å². The molecular weight excluding hydrogens is 428 g/mol. The second kappa shape index (κ2) is 5.54. The first-order valence-electron chi connectivity index (χ1n) is 4.62. The molecule has 0 saturated carbocycles. The maximum atomic E-state index is 12.1. The predicted molar refractivity (Wildman–Crippen MR) is 84.3 cm³/mol. The highest BCUT2D eigenvalue weighted by Gasteiger charge is 2.20. The molecule has 8 heteroatoms. The van der Waals surface area contributed by atoms with Crippen LogP contribution in [-0.4, -0.2) is 8.42 Å².